The van der Waals surface area contributed by atoms with E-state index in [0.29, 0.717) is 0 Å². The summed E-state index contributed by atoms with van der Waals surface area (Å²) in [7, 11) is 0. The predicted molar refractivity (Wildman–Crippen MR) is 79.1 cm³/mol. The van der Waals surface area contributed by atoms with Gasteiger partial charge in [0.1, 0.15) is 30.1 Å². The number of benzene rings is 1. The third-order valence-electron chi connectivity index (χ3n) is 3.55. The second-order valence-electron chi connectivity index (χ2n) is 5.30. The fourth-order valence-corrected chi connectivity index (χ4v) is 2.35. The lowest BCUT2D eigenvalue weighted by atomic mass is 9.97. The van der Waals surface area contributed by atoms with E-state index in [1.807, 2.05) is 0 Å². The zero-order valence-electron chi connectivity index (χ0n) is 12.7. The Morgan fingerprint density at radius 2 is 1.96 bits per heavy atom. The van der Waals surface area contributed by atoms with Crippen LogP contribution in [-0.4, -0.2) is 63.4 Å². The summed E-state index contributed by atoms with van der Waals surface area (Å²) in [6.45, 7) is 0.658. The van der Waals surface area contributed by atoms with Crippen LogP contribution in [0.1, 0.15) is 6.92 Å². The molecule has 132 valence electrons. The second kappa shape index (κ2) is 7.53. The number of amides is 1. The fourth-order valence-electron chi connectivity index (χ4n) is 2.35. The Labute approximate surface area is 136 Å². The van der Waals surface area contributed by atoms with Gasteiger partial charge >= 0.3 is 0 Å². The molecule has 1 aliphatic rings. The van der Waals surface area contributed by atoms with E-state index in [4.69, 9.17) is 9.47 Å². The minimum absolute atomic E-state index is 0.131. The van der Waals surface area contributed by atoms with Crippen LogP contribution >= 0.6 is 0 Å². The van der Waals surface area contributed by atoms with Gasteiger partial charge in [0.15, 0.2) is 0 Å². The van der Waals surface area contributed by atoms with Gasteiger partial charge in [-0.05, 0) is 12.1 Å². The lowest BCUT2D eigenvalue weighted by molar-refractivity contribution is -0.384. The van der Waals surface area contributed by atoms with Crippen molar-refractivity contribution < 1.29 is 34.5 Å². The number of non-ortho nitro benzene ring substituents is 1. The van der Waals surface area contributed by atoms with Gasteiger partial charge in [-0.25, -0.2) is 0 Å². The molecule has 0 aliphatic carbocycles. The molecule has 5 atom stereocenters. The predicted octanol–water partition coefficient (Wildman–Crippen LogP) is -1.08. The number of nitrogens with zero attached hydrogens (tertiary/aromatic N) is 1. The summed E-state index contributed by atoms with van der Waals surface area (Å²) in [6.07, 6.45) is -5.15. The second-order valence-corrected chi connectivity index (χ2v) is 5.30. The molecule has 1 saturated heterocycles. The Morgan fingerprint density at radius 1 is 1.33 bits per heavy atom. The van der Waals surface area contributed by atoms with Crippen molar-refractivity contribution in [3.8, 4) is 5.75 Å². The van der Waals surface area contributed by atoms with Crippen LogP contribution in [0.4, 0.5) is 5.69 Å². The zero-order chi connectivity index (χ0) is 17.9. The molecule has 0 bridgehead atoms. The van der Waals surface area contributed by atoms with Crippen LogP contribution in [0.5, 0.6) is 5.75 Å². The topological polar surface area (TPSA) is 151 Å². The monoisotopic (exact) mass is 342 g/mol. The number of nitrogens with one attached hydrogen (secondary N) is 1. The van der Waals surface area contributed by atoms with Crippen LogP contribution < -0.4 is 10.1 Å². The highest BCUT2D eigenvalue weighted by atomic mass is 16.7. The summed E-state index contributed by atoms with van der Waals surface area (Å²) in [5.41, 5.74) is -0.131. The molecule has 1 aromatic carbocycles. The van der Waals surface area contributed by atoms with E-state index in [1.54, 1.807) is 0 Å². The van der Waals surface area contributed by atoms with Gasteiger partial charge in [0, 0.05) is 19.1 Å². The largest absolute Gasteiger partial charge is 0.463 e. The van der Waals surface area contributed by atoms with Gasteiger partial charge in [-0.1, -0.05) is 0 Å². The first kappa shape index (κ1) is 18.1. The van der Waals surface area contributed by atoms with E-state index in [-0.39, 0.29) is 11.4 Å². The SMILES string of the molecule is CC(=O)N[C@H]1[C@@H](Oc2ccc([N+](=O)[O-])cc2)O[C@@H](CO)[C@@H](O)[C@H]1O. The number of aliphatic hydroxyl groups excluding tert-OH is 3. The maximum atomic E-state index is 11.3. The van der Waals surface area contributed by atoms with Crippen LogP contribution in [0, 0.1) is 10.1 Å². The molecular formula is C14H18N2O8. The van der Waals surface area contributed by atoms with Crippen molar-refractivity contribution in [3.05, 3.63) is 34.4 Å². The highest BCUT2D eigenvalue weighted by molar-refractivity contribution is 5.73. The number of carbonyl (C=O) groups excluding carboxylic acids is 1. The molecule has 1 heterocycles. The molecule has 1 aromatic rings. The third kappa shape index (κ3) is 3.97. The lowest BCUT2D eigenvalue weighted by Crippen LogP contribution is -2.65. The quantitative estimate of drug-likeness (QED) is 0.389. The molecule has 2 rings (SSSR count). The summed E-state index contributed by atoms with van der Waals surface area (Å²) in [4.78, 5) is 21.4. The van der Waals surface area contributed by atoms with Crippen LogP contribution in [0.25, 0.3) is 0 Å². The Balaban J connectivity index is 2.19. The number of hydrogen-bond acceptors (Lipinski definition) is 8. The fraction of sp³-hybridized carbons (Fsp3) is 0.500. The molecule has 24 heavy (non-hydrogen) atoms. The maximum Gasteiger partial charge on any atom is 0.269 e. The van der Waals surface area contributed by atoms with Crippen molar-refractivity contribution in [1.82, 2.24) is 5.32 Å². The number of nitro groups is 1. The van der Waals surface area contributed by atoms with Gasteiger partial charge in [-0.15, -0.1) is 0 Å². The number of nitro benzene ring substituents is 1. The Morgan fingerprint density at radius 3 is 2.46 bits per heavy atom. The molecule has 1 aliphatic heterocycles. The van der Waals surface area contributed by atoms with Crippen molar-refractivity contribution in [2.24, 2.45) is 0 Å². The van der Waals surface area contributed by atoms with Gasteiger partial charge in [-0.2, -0.15) is 0 Å². The van der Waals surface area contributed by atoms with Crippen molar-refractivity contribution in [2.45, 2.75) is 37.6 Å². The number of hydrogen-bond donors (Lipinski definition) is 4. The molecule has 0 saturated carbocycles. The van der Waals surface area contributed by atoms with Crippen LogP contribution in [0.3, 0.4) is 0 Å². The van der Waals surface area contributed by atoms with Gasteiger partial charge in [0.25, 0.3) is 5.69 Å². The van der Waals surface area contributed by atoms with E-state index in [2.05, 4.69) is 5.32 Å². The first-order valence-corrected chi connectivity index (χ1v) is 7.14. The number of ether oxygens (including phenoxy) is 2. The molecule has 1 fully saturated rings. The van der Waals surface area contributed by atoms with E-state index in [1.165, 1.54) is 31.2 Å². The Bertz CT molecular complexity index is 593. The third-order valence-corrected chi connectivity index (χ3v) is 3.55. The highest BCUT2D eigenvalue weighted by Crippen LogP contribution is 2.25. The minimum Gasteiger partial charge on any atom is -0.463 e. The smallest absolute Gasteiger partial charge is 0.269 e. The van der Waals surface area contributed by atoms with Crippen LogP contribution in [-0.2, 0) is 9.53 Å². The lowest BCUT2D eigenvalue weighted by Gasteiger charge is -2.42. The van der Waals surface area contributed by atoms with E-state index in [0.717, 1.165) is 0 Å². The summed E-state index contributed by atoms with van der Waals surface area (Å²) >= 11 is 0. The summed E-state index contributed by atoms with van der Waals surface area (Å²) in [5, 5.41) is 42.3. The average molecular weight is 342 g/mol. The first-order chi connectivity index (χ1) is 11.3. The molecule has 0 aromatic heterocycles. The van der Waals surface area contributed by atoms with Crippen molar-refractivity contribution in [1.29, 1.82) is 0 Å². The van der Waals surface area contributed by atoms with Crippen molar-refractivity contribution in [2.75, 3.05) is 6.61 Å². The Hall–Kier alpha value is -2.27. The zero-order valence-corrected chi connectivity index (χ0v) is 12.7. The normalized spacial score (nSPS) is 29.8. The molecule has 0 radical (unpaired) electrons. The maximum absolute atomic E-state index is 11.3. The van der Waals surface area contributed by atoms with Gasteiger partial charge in [-0.3, -0.25) is 14.9 Å². The van der Waals surface area contributed by atoms with Crippen LogP contribution in [0.15, 0.2) is 24.3 Å². The minimum atomic E-state index is -1.43. The summed E-state index contributed by atoms with van der Waals surface area (Å²) < 4.78 is 10.9. The first-order valence-electron chi connectivity index (χ1n) is 7.14. The van der Waals surface area contributed by atoms with E-state index >= 15 is 0 Å². The number of aliphatic hydroxyl groups is 3. The van der Waals surface area contributed by atoms with Crippen molar-refractivity contribution in [3.63, 3.8) is 0 Å². The molecule has 0 unspecified atom stereocenters. The van der Waals surface area contributed by atoms with Crippen LogP contribution in [0.2, 0.25) is 0 Å². The standard InChI is InChI=1S/C14H18N2O8/c1-7(18)15-11-13(20)12(19)10(6-17)24-14(11)23-9-4-2-8(3-5-9)16(21)22/h2-5,10-14,17,19-20H,6H2,1H3,(H,15,18)/t10-,11+,12+,13-,14-/m0/s1. The number of carbonyl (C=O) groups is 1. The molecule has 4 N–H and O–H groups in total. The number of rotatable bonds is 5. The van der Waals surface area contributed by atoms with E-state index in [9.17, 15) is 30.2 Å². The van der Waals surface area contributed by atoms with Crippen molar-refractivity contribution >= 4 is 11.6 Å². The molecule has 10 nitrogen and oxygen atoms in total. The Kier molecular flexibility index (Phi) is 5.67. The molecular weight excluding hydrogens is 324 g/mol. The average Bonchev–Trinajstić information content (AvgIpc) is 2.54. The van der Waals surface area contributed by atoms with Gasteiger partial charge in [0.2, 0.25) is 12.2 Å². The van der Waals surface area contributed by atoms with Gasteiger partial charge < -0.3 is 30.1 Å². The van der Waals surface area contributed by atoms with E-state index < -0.39 is 48.1 Å². The van der Waals surface area contributed by atoms with Gasteiger partial charge in [0.05, 0.1) is 11.5 Å². The molecule has 10 heteroatoms. The summed E-state index contributed by atoms with van der Waals surface area (Å²) in [5.74, 6) is -0.282. The molecule has 0 spiro atoms. The summed E-state index contributed by atoms with van der Waals surface area (Å²) in [6, 6.07) is 4.02. The molecule has 1 amide bonds. The highest BCUT2D eigenvalue weighted by Gasteiger charge is 2.46.